The molecule has 1 aliphatic heterocycles. The highest BCUT2D eigenvalue weighted by molar-refractivity contribution is 8.03. The molecule has 0 amide bonds. The van der Waals surface area contributed by atoms with Crippen LogP contribution in [0.4, 0.5) is 5.69 Å². The first kappa shape index (κ1) is 17.7. The molecule has 2 heterocycles. The predicted molar refractivity (Wildman–Crippen MR) is 108 cm³/mol. The van der Waals surface area contributed by atoms with E-state index in [1.165, 1.54) is 18.5 Å². The molecule has 5 nitrogen and oxygen atoms in total. The highest BCUT2D eigenvalue weighted by Crippen LogP contribution is 2.32. The lowest BCUT2D eigenvalue weighted by atomic mass is 10.1. The van der Waals surface area contributed by atoms with Crippen LogP contribution >= 0.6 is 11.8 Å². The van der Waals surface area contributed by atoms with E-state index in [0.717, 1.165) is 41.5 Å². The van der Waals surface area contributed by atoms with Gasteiger partial charge in [-0.25, -0.2) is 9.78 Å². The number of hydrogen-bond donors (Lipinski definition) is 1. The number of carbonyl (C=O) groups is 1. The number of aliphatic carboxylic acids is 1. The average molecular weight is 380 g/mol. The number of carboxylic acids is 1. The molecule has 0 atom stereocenters. The SMILES string of the molecule is Cc1cc(/C=C(/Sc2nc3ccccc3o2)C(=O)O)ccc1N1CCCC1. The maximum atomic E-state index is 11.7. The Hall–Kier alpha value is -2.73. The van der Waals surface area contributed by atoms with E-state index < -0.39 is 5.97 Å². The Morgan fingerprint density at radius 2 is 2.00 bits per heavy atom. The molecule has 1 saturated heterocycles. The number of para-hydroxylation sites is 2. The summed E-state index contributed by atoms with van der Waals surface area (Å²) in [5.41, 5.74) is 4.61. The van der Waals surface area contributed by atoms with Crippen molar-refractivity contribution >= 4 is 40.6 Å². The molecule has 138 valence electrons. The summed E-state index contributed by atoms with van der Waals surface area (Å²) in [6.45, 7) is 4.24. The maximum Gasteiger partial charge on any atom is 0.342 e. The van der Waals surface area contributed by atoms with Gasteiger partial charge in [0.1, 0.15) is 10.4 Å². The van der Waals surface area contributed by atoms with Gasteiger partial charge in [0, 0.05) is 18.8 Å². The van der Waals surface area contributed by atoms with Crippen LogP contribution < -0.4 is 4.90 Å². The van der Waals surface area contributed by atoms with Crippen LogP contribution in [-0.4, -0.2) is 29.1 Å². The fourth-order valence-electron chi connectivity index (χ4n) is 3.36. The van der Waals surface area contributed by atoms with E-state index in [4.69, 9.17) is 4.42 Å². The molecule has 6 heteroatoms. The Labute approximate surface area is 161 Å². The molecule has 1 aliphatic rings. The van der Waals surface area contributed by atoms with Gasteiger partial charge in [0.25, 0.3) is 5.22 Å². The molecule has 0 radical (unpaired) electrons. The fourth-order valence-corrected chi connectivity index (χ4v) is 4.10. The standard InChI is InChI=1S/C21H20N2O3S/c1-14-12-15(8-9-17(14)23-10-4-5-11-23)13-19(20(24)25)27-21-22-16-6-2-3-7-18(16)26-21/h2-3,6-9,12-13H,4-5,10-11H2,1H3,(H,24,25)/b19-13+. The summed E-state index contributed by atoms with van der Waals surface area (Å²) in [4.78, 5) is 18.6. The molecule has 1 aromatic heterocycles. The van der Waals surface area contributed by atoms with Crippen LogP contribution in [0.2, 0.25) is 0 Å². The number of carboxylic acid groups (broad SMARTS) is 1. The van der Waals surface area contributed by atoms with Crippen molar-refractivity contribution in [2.45, 2.75) is 25.0 Å². The highest BCUT2D eigenvalue weighted by atomic mass is 32.2. The van der Waals surface area contributed by atoms with Crippen LogP contribution in [0.3, 0.4) is 0 Å². The zero-order valence-electron chi connectivity index (χ0n) is 15.0. The third-order valence-electron chi connectivity index (χ3n) is 4.65. The quantitative estimate of drug-likeness (QED) is 0.499. The van der Waals surface area contributed by atoms with Crippen molar-refractivity contribution < 1.29 is 14.3 Å². The summed E-state index contributed by atoms with van der Waals surface area (Å²) in [7, 11) is 0. The number of oxazole rings is 1. The van der Waals surface area contributed by atoms with E-state index in [0.29, 0.717) is 10.8 Å². The summed E-state index contributed by atoms with van der Waals surface area (Å²) < 4.78 is 5.64. The summed E-state index contributed by atoms with van der Waals surface area (Å²) in [6, 6.07) is 13.5. The summed E-state index contributed by atoms with van der Waals surface area (Å²) >= 11 is 1.03. The van der Waals surface area contributed by atoms with Crippen LogP contribution in [0.5, 0.6) is 0 Å². The van der Waals surface area contributed by atoms with Crippen molar-refractivity contribution in [2.75, 3.05) is 18.0 Å². The molecule has 27 heavy (non-hydrogen) atoms. The van der Waals surface area contributed by atoms with Gasteiger partial charge in [0.15, 0.2) is 5.58 Å². The van der Waals surface area contributed by atoms with Crippen molar-refractivity contribution in [3.05, 3.63) is 58.5 Å². The van der Waals surface area contributed by atoms with Crippen molar-refractivity contribution in [1.29, 1.82) is 0 Å². The second kappa shape index (κ2) is 7.48. The van der Waals surface area contributed by atoms with Gasteiger partial charge in [-0.2, -0.15) is 0 Å². The molecule has 0 bridgehead atoms. The van der Waals surface area contributed by atoms with Gasteiger partial charge < -0.3 is 14.4 Å². The Bertz CT molecular complexity index is 986. The number of benzene rings is 2. The summed E-state index contributed by atoms with van der Waals surface area (Å²) in [5.74, 6) is -0.997. The Morgan fingerprint density at radius 3 is 2.70 bits per heavy atom. The molecule has 1 N–H and O–H groups in total. The lowest BCUT2D eigenvalue weighted by molar-refractivity contribution is -0.131. The Kier molecular flexibility index (Phi) is 4.90. The van der Waals surface area contributed by atoms with Gasteiger partial charge >= 0.3 is 5.97 Å². The van der Waals surface area contributed by atoms with Gasteiger partial charge in [-0.1, -0.05) is 18.2 Å². The third-order valence-corrected chi connectivity index (χ3v) is 5.51. The number of fused-ring (bicyclic) bond motifs is 1. The highest BCUT2D eigenvalue weighted by Gasteiger charge is 2.17. The second-order valence-corrected chi connectivity index (χ2v) is 7.60. The number of thioether (sulfide) groups is 1. The third kappa shape index (κ3) is 3.85. The van der Waals surface area contributed by atoms with E-state index in [-0.39, 0.29) is 4.91 Å². The second-order valence-electron chi connectivity index (χ2n) is 6.60. The van der Waals surface area contributed by atoms with Gasteiger partial charge in [-0.05, 0) is 73.0 Å². The minimum Gasteiger partial charge on any atom is -0.477 e. The molecular weight excluding hydrogens is 360 g/mol. The summed E-state index contributed by atoms with van der Waals surface area (Å²) in [5, 5.41) is 9.93. The molecule has 0 spiro atoms. The number of nitrogens with zero attached hydrogens (tertiary/aromatic N) is 2. The molecule has 4 rings (SSSR count). The number of aryl methyl sites for hydroxylation is 1. The van der Waals surface area contributed by atoms with Crippen LogP contribution in [0.25, 0.3) is 17.2 Å². The summed E-state index contributed by atoms with van der Waals surface area (Å²) in [6.07, 6.45) is 4.12. The number of hydrogen-bond acceptors (Lipinski definition) is 5. The first-order valence-electron chi connectivity index (χ1n) is 8.94. The first-order valence-corrected chi connectivity index (χ1v) is 9.76. The molecule has 0 aliphatic carbocycles. The largest absolute Gasteiger partial charge is 0.477 e. The smallest absolute Gasteiger partial charge is 0.342 e. The lowest BCUT2D eigenvalue weighted by Crippen LogP contribution is -2.18. The van der Waals surface area contributed by atoms with Crippen LogP contribution in [0.15, 0.2) is 57.0 Å². The molecule has 3 aromatic rings. The predicted octanol–water partition coefficient (Wildman–Crippen LogP) is 4.95. The molecule has 0 unspecified atom stereocenters. The van der Waals surface area contributed by atoms with Crippen molar-refractivity contribution in [2.24, 2.45) is 0 Å². The minimum atomic E-state index is -0.997. The zero-order valence-corrected chi connectivity index (χ0v) is 15.8. The topological polar surface area (TPSA) is 66.6 Å². The Morgan fingerprint density at radius 1 is 1.22 bits per heavy atom. The first-order chi connectivity index (χ1) is 13.1. The fraction of sp³-hybridized carbons (Fsp3) is 0.238. The van der Waals surface area contributed by atoms with E-state index >= 15 is 0 Å². The number of aromatic nitrogens is 1. The molecular formula is C21H20N2O3S. The van der Waals surface area contributed by atoms with E-state index in [1.807, 2.05) is 36.4 Å². The monoisotopic (exact) mass is 380 g/mol. The molecule has 1 fully saturated rings. The normalized spacial score (nSPS) is 14.9. The number of rotatable bonds is 5. The van der Waals surface area contributed by atoms with Gasteiger partial charge in [-0.3, -0.25) is 0 Å². The maximum absolute atomic E-state index is 11.7. The van der Waals surface area contributed by atoms with Crippen LogP contribution in [0.1, 0.15) is 24.0 Å². The average Bonchev–Trinajstić information content (AvgIpc) is 3.30. The van der Waals surface area contributed by atoms with Gasteiger partial charge in [0.05, 0.1) is 0 Å². The van der Waals surface area contributed by atoms with Gasteiger partial charge in [-0.15, -0.1) is 0 Å². The van der Waals surface area contributed by atoms with E-state index in [2.05, 4.69) is 22.9 Å². The van der Waals surface area contributed by atoms with Crippen LogP contribution in [0, 0.1) is 6.92 Å². The number of anilines is 1. The molecule has 2 aromatic carbocycles. The minimum absolute atomic E-state index is 0.176. The van der Waals surface area contributed by atoms with Crippen molar-refractivity contribution in [3.8, 4) is 0 Å². The Balaban J connectivity index is 1.60. The van der Waals surface area contributed by atoms with Crippen LogP contribution in [-0.2, 0) is 4.79 Å². The van der Waals surface area contributed by atoms with Crippen molar-refractivity contribution in [3.63, 3.8) is 0 Å². The van der Waals surface area contributed by atoms with E-state index in [9.17, 15) is 9.90 Å². The lowest BCUT2D eigenvalue weighted by Gasteiger charge is -2.20. The van der Waals surface area contributed by atoms with E-state index in [1.54, 1.807) is 6.08 Å². The molecule has 0 saturated carbocycles. The zero-order chi connectivity index (χ0) is 18.8. The van der Waals surface area contributed by atoms with Gasteiger partial charge in [0.2, 0.25) is 0 Å². The van der Waals surface area contributed by atoms with Crippen molar-refractivity contribution in [1.82, 2.24) is 4.98 Å².